The Labute approximate surface area is 158 Å². The number of hydrogen-bond donors (Lipinski definition) is 2. The first-order valence-corrected chi connectivity index (χ1v) is 8.79. The molecule has 0 bridgehead atoms. The quantitative estimate of drug-likeness (QED) is 0.639. The Bertz CT molecular complexity index is 869. The highest BCUT2D eigenvalue weighted by Gasteiger charge is 2.24. The van der Waals surface area contributed by atoms with Crippen LogP contribution in [-0.4, -0.2) is 29.1 Å². The van der Waals surface area contributed by atoms with Crippen molar-refractivity contribution < 1.29 is 24.2 Å². The number of aliphatic hydroxyl groups is 1. The molecule has 1 aliphatic rings. The van der Waals surface area contributed by atoms with Crippen LogP contribution >= 0.6 is 0 Å². The van der Waals surface area contributed by atoms with Gasteiger partial charge in [-0.25, -0.2) is 9.59 Å². The Morgan fingerprint density at radius 2 is 1.74 bits per heavy atom. The fourth-order valence-corrected chi connectivity index (χ4v) is 2.75. The number of benzene rings is 2. The summed E-state index contributed by atoms with van der Waals surface area (Å²) in [6.07, 6.45) is -0.745. The fourth-order valence-electron chi connectivity index (χ4n) is 2.75. The maximum Gasteiger partial charge on any atom is 0.344 e. The van der Waals surface area contributed by atoms with Crippen LogP contribution in [0.5, 0.6) is 5.75 Å². The van der Waals surface area contributed by atoms with Crippen LogP contribution in [0.4, 0.5) is 0 Å². The zero-order valence-corrected chi connectivity index (χ0v) is 15.6. The maximum absolute atomic E-state index is 12.5. The maximum atomic E-state index is 12.5. The van der Waals surface area contributed by atoms with Crippen molar-refractivity contribution in [2.24, 2.45) is 0 Å². The molecule has 2 aromatic carbocycles. The van der Waals surface area contributed by atoms with Crippen molar-refractivity contribution in [2.45, 2.75) is 39.0 Å². The summed E-state index contributed by atoms with van der Waals surface area (Å²) < 4.78 is 10.8. The first-order valence-electron chi connectivity index (χ1n) is 8.79. The number of fused-ring (bicyclic) bond motifs is 2. The second-order valence-corrected chi connectivity index (χ2v) is 7.53. The molecule has 1 aliphatic heterocycles. The zero-order valence-electron chi connectivity index (χ0n) is 15.6. The third-order valence-electron chi connectivity index (χ3n) is 4.22. The predicted molar refractivity (Wildman–Crippen MR) is 99.7 cm³/mol. The van der Waals surface area contributed by atoms with E-state index in [-0.39, 0.29) is 23.3 Å². The normalized spacial score (nSPS) is 15.4. The Kier molecular flexibility index (Phi) is 5.30. The van der Waals surface area contributed by atoms with Crippen LogP contribution in [0.25, 0.3) is 0 Å². The van der Waals surface area contributed by atoms with E-state index < -0.39 is 18.0 Å². The van der Waals surface area contributed by atoms with Crippen molar-refractivity contribution in [3.05, 3.63) is 64.7 Å². The minimum absolute atomic E-state index is 0.0525. The summed E-state index contributed by atoms with van der Waals surface area (Å²) in [5.74, 6) is -0.895. The molecule has 6 nitrogen and oxygen atoms in total. The average molecular weight is 369 g/mol. The van der Waals surface area contributed by atoms with Gasteiger partial charge in [0.2, 0.25) is 0 Å². The molecule has 142 valence electrons. The van der Waals surface area contributed by atoms with Gasteiger partial charge in [-0.05, 0) is 50.6 Å². The van der Waals surface area contributed by atoms with Crippen LogP contribution in [0.2, 0.25) is 0 Å². The highest BCUT2D eigenvalue weighted by atomic mass is 16.5. The van der Waals surface area contributed by atoms with Gasteiger partial charge in [0.1, 0.15) is 12.4 Å². The van der Waals surface area contributed by atoms with Crippen molar-refractivity contribution in [1.29, 1.82) is 0 Å². The van der Waals surface area contributed by atoms with Crippen LogP contribution in [0.3, 0.4) is 0 Å². The molecular formula is C21H23NO5. The molecule has 1 heterocycles. The zero-order chi connectivity index (χ0) is 19.6. The Balaban J connectivity index is 1.87. The molecular weight excluding hydrogens is 346 g/mol. The smallest absolute Gasteiger partial charge is 0.344 e. The van der Waals surface area contributed by atoms with Crippen molar-refractivity contribution in [1.82, 2.24) is 5.32 Å². The molecule has 27 heavy (non-hydrogen) atoms. The van der Waals surface area contributed by atoms with Crippen LogP contribution in [0, 0.1) is 0 Å². The largest absolute Gasteiger partial charge is 0.457 e. The SMILES string of the molecule is CC(C)(C)NCC(O)c1ccc2c(c1)COC(=O)c1ccccc1C(=O)O2. The van der Waals surface area contributed by atoms with Gasteiger partial charge in [0.25, 0.3) is 0 Å². The number of nitrogens with one attached hydrogen (secondary N) is 1. The predicted octanol–water partition coefficient (Wildman–Crippen LogP) is 3.00. The summed E-state index contributed by atoms with van der Waals surface area (Å²) >= 11 is 0. The van der Waals surface area contributed by atoms with Crippen molar-refractivity contribution in [3.63, 3.8) is 0 Å². The molecule has 0 fully saturated rings. The van der Waals surface area contributed by atoms with E-state index in [1.54, 1.807) is 30.3 Å². The van der Waals surface area contributed by atoms with Crippen LogP contribution in [0.15, 0.2) is 42.5 Å². The highest BCUT2D eigenvalue weighted by molar-refractivity contribution is 6.04. The van der Waals surface area contributed by atoms with Gasteiger partial charge in [-0.15, -0.1) is 0 Å². The van der Waals surface area contributed by atoms with Gasteiger partial charge in [0.15, 0.2) is 0 Å². The molecule has 0 spiro atoms. The summed E-state index contributed by atoms with van der Waals surface area (Å²) in [5, 5.41) is 13.7. The number of hydrogen-bond acceptors (Lipinski definition) is 6. The summed E-state index contributed by atoms with van der Waals surface area (Å²) in [4.78, 5) is 24.8. The molecule has 0 amide bonds. The molecule has 0 saturated carbocycles. The minimum atomic E-state index is -0.745. The Morgan fingerprint density at radius 1 is 1.07 bits per heavy atom. The monoisotopic (exact) mass is 369 g/mol. The first-order chi connectivity index (χ1) is 12.7. The number of aliphatic hydroxyl groups excluding tert-OH is 1. The van der Waals surface area contributed by atoms with Crippen LogP contribution in [0.1, 0.15) is 58.7 Å². The number of esters is 2. The first kappa shape index (κ1) is 19.1. The van der Waals surface area contributed by atoms with E-state index in [4.69, 9.17) is 9.47 Å². The Morgan fingerprint density at radius 3 is 2.41 bits per heavy atom. The number of ether oxygens (including phenoxy) is 2. The second kappa shape index (κ2) is 7.50. The number of β-amino-alcohol motifs (C(OH)–C–C–N with tert-alkyl or cyclic N) is 1. The van der Waals surface area contributed by atoms with E-state index in [1.807, 2.05) is 20.8 Å². The van der Waals surface area contributed by atoms with E-state index >= 15 is 0 Å². The van der Waals surface area contributed by atoms with E-state index in [0.717, 1.165) is 0 Å². The van der Waals surface area contributed by atoms with Gasteiger partial charge >= 0.3 is 11.9 Å². The molecule has 6 heteroatoms. The number of rotatable bonds is 3. The third-order valence-corrected chi connectivity index (χ3v) is 4.22. The Hall–Kier alpha value is -2.70. The summed E-state index contributed by atoms with van der Waals surface area (Å²) in [5.41, 5.74) is 1.38. The van der Waals surface area contributed by atoms with Gasteiger partial charge in [-0.1, -0.05) is 18.2 Å². The molecule has 3 rings (SSSR count). The van der Waals surface area contributed by atoms with E-state index in [1.165, 1.54) is 12.1 Å². The lowest BCUT2D eigenvalue weighted by atomic mass is 10.0. The molecule has 0 saturated heterocycles. The van der Waals surface area contributed by atoms with E-state index in [2.05, 4.69) is 5.32 Å². The van der Waals surface area contributed by atoms with Crippen molar-refractivity contribution in [3.8, 4) is 5.75 Å². The van der Waals surface area contributed by atoms with Gasteiger partial charge in [-0.3, -0.25) is 0 Å². The molecule has 2 aromatic rings. The van der Waals surface area contributed by atoms with Crippen molar-refractivity contribution >= 4 is 11.9 Å². The molecule has 0 aliphatic carbocycles. The van der Waals surface area contributed by atoms with Gasteiger partial charge in [0, 0.05) is 17.6 Å². The number of carbonyl (C=O) groups is 2. The summed E-state index contributed by atoms with van der Waals surface area (Å²) in [7, 11) is 0. The van der Waals surface area contributed by atoms with Gasteiger partial charge < -0.3 is 19.9 Å². The summed E-state index contributed by atoms with van der Waals surface area (Å²) in [6.45, 7) is 6.36. The van der Waals surface area contributed by atoms with Crippen LogP contribution < -0.4 is 10.1 Å². The minimum Gasteiger partial charge on any atom is -0.457 e. The highest BCUT2D eigenvalue weighted by Crippen LogP contribution is 2.28. The molecule has 1 atom stereocenters. The fraction of sp³-hybridized carbons (Fsp3) is 0.333. The lowest BCUT2D eigenvalue weighted by molar-refractivity contribution is 0.0471. The molecule has 2 N–H and O–H groups in total. The van der Waals surface area contributed by atoms with Crippen molar-refractivity contribution in [2.75, 3.05) is 6.54 Å². The van der Waals surface area contributed by atoms with Crippen LogP contribution in [-0.2, 0) is 11.3 Å². The second-order valence-electron chi connectivity index (χ2n) is 7.53. The molecule has 0 radical (unpaired) electrons. The number of carbonyl (C=O) groups excluding carboxylic acids is 2. The third kappa shape index (κ3) is 4.53. The topological polar surface area (TPSA) is 84.9 Å². The average Bonchev–Trinajstić information content (AvgIpc) is 2.68. The van der Waals surface area contributed by atoms with Gasteiger partial charge in [0.05, 0.1) is 17.2 Å². The molecule has 0 aromatic heterocycles. The number of cyclic esters (lactones) is 1. The van der Waals surface area contributed by atoms with Gasteiger partial charge in [-0.2, -0.15) is 0 Å². The molecule has 1 unspecified atom stereocenters. The summed E-state index contributed by atoms with van der Waals surface area (Å²) in [6, 6.07) is 11.4. The van der Waals surface area contributed by atoms with E-state index in [0.29, 0.717) is 23.4 Å². The standard InChI is InChI=1S/C21H23NO5/c1-21(2,3)22-11-17(23)13-8-9-18-14(10-13)12-26-19(24)15-6-4-5-7-16(15)20(25)27-18/h4-10,17,22-23H,11-12H2,1-3H3. The van der Waals surface area contributed by atoms with E-state index in [9.17, 15) is 14.7 Å². The lowest BCUT2D eigenvalue weighted by Gasteiger charge is -2.23. The lowest BCUT2D eigenvalue weighted by Crippen LogP contribution is -2.38.